The number of amides is 2. The molecule has 42 heavy (non-hydrogen) atoms. The maximum absolute atomic E-state index is 12.0. The molecule has 9 heteroatoms. The summed E-state index contributed by atoms with van der Waals surface area (Å²) in [4.78, 5) is 23.6. The first-order valence-corrected chi connectivity index (χ1v) is 15.1. The van der Waals surface area contributed by atoms with E-state index in [1.165, 1.54) is 0 Å². The van der Waals surface area contributed by atoms with E-state index in [2.05, 4.69) is 11.9 Å². The third-order valence-electron chi connectivity index (χ3n) is 8.77. The fraction of sp³-hybridized carbons (Fsp3) is 0.697. The van der Waals surface area contributed by atoms with Crippen molar-refractivity contribution in [3.05, 3.63) is 48.6 Å². The number of hydrogen-bond donors (Lipinski definition) is 6. The number of nitrogens with two attached hydrogens (primary N) is 1. The van der Waals surface area contributed by atoms with Gasteiger partial charge in [-0.3, -0.25) is 4.79 Å². The predicted octanol–water partition coefficient (Wildman–Crippen LogP) is 3.87. The molecule has 0 aromatic heterocycles. The molecule has 7 N–H and O–H groups in total. The Hall–Kier alpha value is -2.46. The van der Waals surface area contributed by atoms with Gasteiger partial charge in [0.05, 0.1) is 30.3 Å². The maximum atomic E-state index is 12.0. The van der Waals surface area contributed by atoms with Gasteiger partial charge in [-0.1, -0.05) is 90.2 Å². The molecule has 1 fully saturated rings. The van der Waals surface area contributed by atoms with Crippen molar-refractivity contribution in [3.63, 3.8) is 0 Å². The molecule has 3 unspecified atom stereocenters. The molecule has 2 amide bonds. The summed E-state index contributed by atoms with van der Waals surface area (Å²) in [7, 11) is 0. The van der Waals surface area contributed by atoms with Crippen LogP contribution in [0.3, 0.4) is 0 Å². The summed E-state index contributed by atoms with van der Waals surface area (Å²) in [5.74, 6) is -2.23. The van der Waals surface area contributed by atoms with Gasteiger partial charge in [-0.2, -0.15) is 0 Å². The van der Waals surface area contributed by atoms with Crippen LogP contribution in [0.5, 0.6) is 0 Å². The second-order valence-corrected chi connectivity index (χ2v) is 12.6. The van der Waals surface area contributed by atoms with Crippen LogP contribution in [-0.4, -0.2) is 69.0 Å². The van der Waals surface area contributed by atoms with Gasteiger partial charge >= 0.3 is 12.0 Å². The first-order valence-electron chi connectivity index (χ1n) is 15.1. The highest BCUT2D eigenvalue weighted by molar-refractivity contribution is 5.74. The molecule has 9 nitrogen and oxygen atoms in total. The zero-order valence-electron chi connectivity index (χ0n) is 26.7. The van der Waals surface area contributed by atoms with Gasteiger partial charge in [-0.25, -0.2) is 4.79 Å². The highest BCUT2D eigenvalue weighted by atomic mass is 16.5. The summed E-state index contributed by atoms with van der Waals surface area (Å²) in [6.07, 6.45) is 7.81. The van der Waals surface area contributed by atoms with Gasteiger partial charge in [-0.05, 0) is 32.1 Å². The first kappa shape index (κ1) is 37.6. The number of cyclic esters (lactones) is 1. The van der Waals surface area contributed by atoms with Crippen LogP contribution >= 0.6 is 0 Å². The number of aliphatic hydroxyl groups excluding tert-OH is 4. The van der Waals surface area contributed by atoms with Crippen LogP contribution < -0.4 is 11.1 Å². The quantitative estimate of drug-likeness (QED) is 0.0900. The van der Waals surface area contributed by atoms with Crippen LogP contribution in [0.15, 0.2) is 48.6 Å². The van der Waals surface area contributed by atoms with E-state index in [1.54, 1.807) is 38.2 Å². The Bertz CT molecular complexity index is 964. The number of esters is 1. The summed E-state index contributed by atoms with van der Waals surface area (Å²) in [5, 5.41) is 45.6. The van der Waals surface area contributed by atoms with Gasteiger partial charge in [0.25, 0.3) is 0 Å². The second-order valence-electron chi connectivity index (χ2n) is 12.6. The van der Waals surface area contributed by atoms with Crippen molar-refractivity contribution in [2.75, 3.05) is 0 Å². The largest absolute Gasteiger partial charge is 0.462 e. The number of urea groups is 1. The van der Waals surface area contributed by atoms with Crippen molar-refractivity contribution < 1.29 is 34.8 Å². The Morgan fingerprint density at radius 3 is 2.21 bits per heavy atom. The molecule has 1 aliphatic rings. The SMILES string of the molecule is C=C/C=C\[C@H](C)C(NC(N)=O)C(C)[C@H](O)C(C)C/C(C)=C\[C@H](C)[C@@H](O)[C@@H](C)/C=C\[C@@H](O)C[C@@H]1OC(=O)[C@H](C)[C@@H](O)[C@H]1C. The zero-order chi connectivity index (χ0) is 32.3. The van der Waals surface area contributed by atoms with E-state index in [4.69, 9.17) is 10.5 Å². The summed E-state index contributed by atoms with van der Waals surface area (Å²) in [6.45, 7) is 18.7. The fourth-order valence-corrected chi connectivity index (χ4v) is 5.91. The maximum Gasteiger partial charge on any atom is 0.312 e. The number of rotatable bonds is 16. The second kappa shape index (κ2) is 17.6. The number of allylic oxidation sites excluding steroid dienone is 3. The van der Waals surface area contributed by atoms with E-state index in [-0.39, 0.29) is 48.0 Å². The van der Waals surface area contributed by atoms with E-state index in [9.17, 15) is 30.0 Å². The van der Waals surface area contributed by atoms with Crippen molar-refractivity contribution in [3.8, 4) is 0 Å². The Kier molecular flexibility index (Phi) is 15.7. The lowest BCUT2D eigenvalue weighted by molar-refractivity contribution is -0.179. The Labute approximate surface area is 252 Å². The molecule has 1 rings (SSSR count). The summed E-state index contributed by atoms with van der Waals surface area (Å²) >= 11 is 0. The third-order valence-corrected chi connectivity index (χ3v) is 8.77. The van der Waals surface area contributed by atoms with Crippen LogP contribution in [0, 0.1) is 41.4 Å². The number of primary amides is 1. The van der Waals surface area contributed by atoms with Gasteiger partial charge in [0.2, 0.25) is 0 Å². The molecule has 0 radical (unpaired) electrons. The Morgan fingerprint density at radius 2 is 1.64 bits per heavy atom. The Balaban J connectivity index is 2.76. The van der Waals surface area contributed by atoms with Crippen molar-refractivity contribution in [1.82, 2.24) is 5.32 Å². The van der Waals surface area contributed by atoms with Gasteiger partial charge in [0, 0.05) is 36.1 Å². The smallest absolute Gasteiger partial charge is 0.312 e. The molecule has 13 atom stereocenters. The van der Waals surface area contributed by atoms with Crippen LogP contribution in [0.4, 0.5) is 4.79 Å². The number of aliphatic hydroxyl groups is 4. The van der Waals surface area contributed by atoms with E-state index in [0.29, 0.717) is 6.42 Å². The van der Waals surface area contributed by atoms with Gasteiger partial charge in [-0.15, -0.1) is 0 Å². The van der Waals surface area contributed by atoms with Crippen molar-refractivity contribution in [2.45, 2.75) is 105 Å². The molecule has 240 valence electrons. The van der Waals surface area contributed by atoms with Crippen molar-refractivity contribution in [1.29, 1.82) is 0 Å². The summed E-state index contributed by atoms with van der Waals surface area (Å²) in [5.41, 5.74) is 6.43. The van der Waals surface area contributed by atoms with E-state index >= 15 is 0 Å². The van der Waals surface area contributed by atoms with Crippen LogP contribution in [0.25, 0.3) is 0 Å². The third kappa shape index (κ3) is 11.3. The monoisotopic (exact) mass is 592 g/mol. The molecular weight excluding hydrogens is 536 g/mol. The molecular formula is C33H56N2O7. The van der Waals surface area contributed by atoms with Crippen molar-refractivity contribution >= 4 is 12.0 Å². The molecule has 0 saturated carbocycles. The number of carbonyl (C=O) groups is 2. The number of ether oxygens (including phenoxy) is 1. The van der Waals surface area contributed by atoms with E-state index in [0.717, 1.165) is 5.57 Å². The number of carbonyl (C=O) groups excluding carboxylic acids is 2. The lowest BCUT2D eigenvalue weighted by Crippen LogP contribution is -2.50. The average Bonchev–Trinajstić information content (AvgIpc) is 2.93. The molecule has 1 saturated heterocycles. The lowest BCUT2D eigenvalue weighted by atomic mass is 9.80. The number of hydrogen-bond acceptors (Lipinski definition) is 7. The van der Waals surface area contributed by atoms with Crippen LogP contribution in [-0.2, 0) is 9.53 Å². The summed E-state index contributed by atoms with van der Waals surface area (Å²) in [6, 6.07) is -0.994. The molecule has 1 heterocycles. The minimum absolute atomic E-state index is 0.0661. The van der Waals surface area contributed by atoms with E-state index in [1.807, 2.05) is 53.7 Å². The number of nitrogens with one attached hydrogen (secondary N) is 1. The normalized spacial score (nSPS) is 28.3. The molecule has 1 aliphatic heterocycles. The average molecular weight is 593 g/mol. The Morgan fingerprint density at radius 1 is 1.02 bits per heavy atom. The molecule has 0 aliphatic carbocycles. The minimum atomic E-state index is -0.889. The van der Waals surface area contributed by atoms with Gasteiger partial charge in [0.1, 0.15) is 6.10 Å². The van der Waals surface area contributed by atoms with E-state index < -0.39 is 48.4 Å². The van der Waals surface area contributed by atoms with Crippen LogP contribution in [0.2, 0.25) is 0 Å². The minimum Gasteiger partial charge on any atom is -0.462 e. The van der Waals surface area contributed by atoms with Gasteiger partial charge < -0.3 is 36.2 Å². The molecule has 0 spiro atoms. The fourth-order valence-electron chi connectivity index (χ4n) is 5.91. The standard InChI is InChI=1S/C33H56N2O7/c1-10-11-12-19(3)28(35-33(34)41)24(8)30(38)22(6)16-18(2)15-21(5)29(37)20(4)13-14-26(36)17-27-23(7)31(39)25(9)32(40)42-27/h10-15,19-31,36-39H,1,16-17H2,2-9H3,(H3,34,35,41)/b12-11-,14-13-,18-15-/t19-,20-,21-,22?,23-,24?,25+,26+,27-,28?,29-,30+,31-/m0/s1. The lowest BCUT2D eigenvalue weighted by Gasteiger charge is -2.36. The molecule has 0 aromatic rings. The molecule has 0 bridgehead atoms. The highest BCUT2D eigenvalue weighted by Crippen LogP contribution is 2.30. The predicted molar refractivity (Wildman–Crippen MR) is 166 cm³/mol. The van der Waals surface area contributed by atoms with Crippen molar-refractivity contribution in [2.24, 2.45) is 47.2 Å². The van der Waals surface area contributed by atoms with Gasteiger partial charge in [0.15, 0.2) is 0 Å². The molecule has 0 aromatic carbocycles. The zero-order valence-corrected chi connectivity index (χ0v) is 26.7. The first-order chi connectivity index (χ1) is 19.5. The topological polar surface area (TPSA) is 162 Å². The van der Waals surface area contributed by atoms with Crippen LogP contribution in [0.1, 0.15) is 68.2 Å². The summed E-state index contributed by atoms with van der Waals surface area (Å²) < 4.78 is 5.41. The highest BCUT2D eigenvalue weighted by Gasteiger charge is 2.40.